The number of ketones is 1. The highest BCUT2D eigenvalue weighted by Gasteiger charge is 2.47. The number of carbonyl (C=O) groups is 2. The van der Waals surface area contributed by atoms with E-state index in [0.29, 0.717) is 23.4 Å². The van der Waals surface area contributed by atoms with Crippen LogP contribution in [0.4, 0.5) is 5.69 Å². The molecule has 3 aromatic carbocycles. The van der Waals surface area contributed by atoms with E-state index >= 15 is 0 Å². The number of rotatable bonds is 6. The number of anilines is 1. The Labute approximate surface area is 211 Å². The highest BCUT2D eigenvalue weighted by molar-refractivity contribution is 6.51. The van der Waals surface area contributed by atoms with Gasteiger partial charge in [-0.15, -0.1) is 0 Å². The summed E-state index contributed by atoms with van der Waals surface area (Å²) in [5.74, 6) is -0.816. The topological polar surface area (TPSA) is 87.1 Å². The third kappa shape index (κ3) is 4.47. The van der Waals surface area contributed by atoms with Gasteiger partial charge in [0.05, 0.1) is 18.2 Å². The minimum absolute atomic E-state index is 0.00506. The zero-order valence-corrected chi connectivity index (χ0v) is 21.2. The monoisotopic (exact) mass is 485 g/mol. The number of aryl methyl sites for hydroxylation is 2. The van der Waals surface area contributed by atoms with Crippen LogP contribution in [-0.2, 0) is 9.59 Å². The van der Waals surface area contributed by atoms with Crippen molar-refractivity contribution in [3.05, 3.63) is 94.1 Å². The average Bonchev–Trinajstić information content (AvgIpc) is 3.11. The molecule has 3 aromatic rings. The number of phenols is 1. The first-order chi connectivity index (χ1) is 17.1. The Hall–Kier alpha value is -4.06. The number of aromatic hydroxyl groups is 1. The maximum Gasteiger partial charge on any atom is 0.300 e. The summed E-state index contributed by atoms with van der Waals surface area (Å²) in [6.07, 6.45) is 0. The van der Waals surface area contributed by atoms with E-state index in [-0.39, 0.29) is 23.0 Å². The van der Waals surface area contributed by atoms with Gasteiger partial charge in [0.1, 0.15) is 17.3 Å². The Morgan fingerprint density at radius 2 is 1.69 bits per heavy atom. The van der Waals surface area contributed by atoms with E-state index in [9.17, 15) is 19.8 Å². The molecule has 0 radical (unpaired) electrons. The summed E-state index contributed by atoms with van der Waals surface area (Å²) < 4.78 is 5.75. The average molecular weight is 486 g/mol. The highest BCUT2D eigenvalue weighted by Crippen LogP contribution is 2.44. The van der Waals surface area contributed by atoms with Crippen molar-refractivity contribution in [3.8, 4) is 11.5 Å². The number of aliphatic hydroxyl groups is 1. The minimum atomic E-state index is -0.861. The Bertz CT molecular complexity index is 1350. The van der Waals surface area contributed by atoms with Crippen molar-refractivity contribution in [2.75, 3.05) is 11.5 Å². The molecule has 1 aliphatic rings. The molecule has 1 heterocycles. The first-order valence-electron chi connectivity index (χ1n) is 12.1. The number of phenolic OH excluding ortho intramolecular Hbond substituents is 1. The number of hydrogen-bond acceptors (Lipinski definition) is 5. The van der Waals surface area contributed by atoms with E-state index in [1.807, 2.05) is 58.9 Å². The van der Waals surface area contributed by atoms with Crippen molar-refractivity contribution in [3.63, 3.8) is 0 Å². The van der Waals surface area contributed by atoms with E-state index in [1.54, 1.807) is 24.3 Å². The molecule has 1 unspecified atom stereocenters. The molecule has 1 atom stereocenters. The molecule has 1 saturated heterocycles. The standard InChI is InChI=1S/C30H31NO5/c1-6-36-25-14-11-21(16-23(25)17(2)3)28(33)26-27(20-9-12-22(32)13-10-20)31(30(35)29(26)34)24-15-18(4)7-8-19(24)5/h7-17,27,32-33H,6H2,1-5H3/b28-26-. The lowest BCUT2D eigenvalue weighted by Crippen LogP contribution is -2.30. The molecule has 0 spiro atoms. The lowest BCUT2D eigenvalue weighted by Gasteiger charge is -2.27. The Balaban J connectivity index is 1.96. The molecule has 1 fully saturated rings. The van der Waals surface area contributed by atoms with Crippen molar-refractivity contribution >= 4 is 23.1 Å². The largest absolute Gasteiger partial charge is 0.508 e. The van der Waals surface area contributed by atoms with Crippen LogP contribution in [0.15, 0.2) is 66.2 Å². The van der Waals surface area contributed by atoms with Gasteiger partial charge in [0.25, 0.3) is 11.7 Å². The number of benzene rings is 3. The van der Waals surface area contributed by atoms with Gasteiger partial charge in [-0.2, -0.15) is 0 Å². The van der Waals surface area contributed by atoms with Gasteiger partial charge in [0.2, 0.25) is 0 Å². The van der Waals surface area contributed by atoms with Gasteiger partial charge in [-0.05, 0) is 85.3 Å². The van der Waals surface area contributed by atoms with E-state index in [1.165, 1.54) is 17.0 Å². The first-order valence-corrected chi connectivity index (χ1v) is 12.1. The lowest BCUT2D eigenvalue weighted by molar-refractivity contribution is -0.132. The lowest BCUT2D eigenvalue weighted by atomic mass is 9.93. The first kappa shape index (κ1) is 25.0. The van der Waals surface area contributed by atoms with Crippen LogP contribution >= 0.6 is 0 Å². The van der Waals surface area contributed by atoms with Gasteiger partial charge in [-0.3, -0.25) is 14.5 Å². The molecule has 0 aliphatic carbocycles. The van der Waals surface area contributed by atoms with Gasteiger partial charge < -0.3 is 14.9 Å². The van der Waals surface area contributed by atoms with Gasteiger partial charge >= 0.3 is 0 Å². The molecule has 1 amide bonds. The van der Waals surface area contributed by atoms with Crippen molar-refractivity contribution in [1.29, 1.82) is 0 Å². The molecule has 36 heavy (non-hydrogen) atoms. The van der Waals surface area contributed by atoms with E-state index in [2.05, 4.69) is 0 Å². The van der Waals surface area contributed by atoms with Gasteiger partial charge in [-0.1, -0.05) is 38.1 Å². The Morgan fingerprint density at radius 1 is 1.00 bits per heavy atom. The van der Waals surface area contributed by atoms with Crippen molar-refractivity contribution < 1.29 is 24.5 Å². The van der Waals surface area contributed by atoms with E-state index in [0.717, 1.165) is 22.4 Å². The van der Waals surface area contributed by atoms with Gasteiger partial charge in [-0.25, -0.2) is 0 Å². The Morgan fingerprint density at radius 3 is 2.33 bits per heavy atom. The number of nitrogens with zero attached hydrogens (tertiary/aromatic N) is 1. The third-order valence-electron chi connectivity index (χ3n) is 6.48. The number of amides is 1. The number of hydrogen-bond donors (Lipinski definition) is 2. The van der Waals surface area contributed by atoms with E-state index < -0.39 is 17.7 Å². The molecule has 0 saturated carbocycles. The SMILES string of the molecule is CCOc1ccc(/C(O)=C2/C(=O)C(=O)N(c3cc(C)ccc3C)C2c2ccc(O)cc2)cc1C(C)C. The molecule has 0 aromatic heterocycles. The van der Waals surface area contributed by atoms with Gasteiger partial charge in [0.15, 0.2) is 0 Å². The fourth-order valence-corrected chi connectivity index (χ4v) is 4.62. The normalized spacial score (nSPS) is 17.2. The summed E-state index contributed by atoms with van der Waals surface area (Å²) >= 11 is 0. The van der Waals surface area contributed by atoms with Crippen LogP contribution in [0.2, 0.25) is 0 Å². The molecular weight excluding hydrogens is 454 g/mol. The zero-order valence-electron chi connectivity index (χ0n) is 21.2. The fraction of sp³-hybridized carbons (Fsp3) is 0.267. The van der Waals surface area contributed by atoms with Crippen molar-refractivity contribution in [2.24, 2.45) is 0 Å². The number of ether oxygens (including phenoxy) is 1. The summed E-state index contributed by atoms with van der Waals surface area (Å²) in [4.78, 5) is 28.3. The molecule has 1 aliphatic heterocycles. The highest BCUT2D eigenvalue weighted by atomic mass is 16.5. The zero-order chi connectivity index (χ0) is 26.1. The molecule has 2 N–H and O–H groups in total. The molecule has 6 nitrogen and oxygen atoms in total. The summed E-state index contributed by atoms with van der Waals surface area (Å²) in [5, 5.41) is 21.4. The van der Waals surface area contributed by atoms with Crippen LogP contribution in [0.5, 0.6) is 11.5 Å². The van der Waals surface area contributed by atoms with E-state index in [4.69, 9.17) is 4.74 Å². The van der Waals surface area contributed by atoms with Crippen LogP contribution in [0.25, 0.3) is 5.76 Å². The minimum Gasteiger partial charge on any atom is -0.508 e. The molecular formula is C30H31NO5. The third-order valence-corrected chi connectivity index (χ3v) is 6.48. The predicted molar refractivity (Wildman–Crippen MR) is 141 cm³/mol. The van der Waals surface area contributed by atoms with Crippen molar-refractivity contribution in [2.45, 2.75) is 46.6 Å². The Kier molecular flexibility index (Phi) is 6.88. The molecule has 6 heteroatoms. The van der Waals surface area contributed by atoms with Crippen LogP contribution in [0, 0.1) is 13.8 Å². The fourth-order valence-electron chi connectivity index (χ4n) is 4.62. The van der Waals surface area contributed by atoms with Crippen LogP contribution in [0.3, 0.4) is 0 Å². The number of carbonyl (C=O) groups excluding carboxylic acids is 2. The molecule has 4 rings (SSSR count). The van der Waals surface area contributed by atoms with Crippen molar-refractivity contribution in [1.82, 2.24) is 0 Å². The van der Waals surface area contributed by atoms with Gasteiger partial charge in [0, 0.05) is 11.3 Å². The maximum atomic E-state index is 13.5. The smallest absolute Gasteiger partial charge is 0.300 e. The predicted octanol–water partition coefficient (Wildman–Crippen LogP) is 6.16. The molecule has 186 valence electrons. The second-order valence-electron chi connectivity index (χ2n) is 9.39. The summed E-state index contributed by atoms with van der Waals surface area (Å²) in [7, 11) is 0. The quantitative estimate of drug-likeness (QED) is 0.248. The summed E-state index contributed by atoms with van der Waals surface area (Å²) in [6.45, 7) is 10.3. The van der Waals surface area contributed by atoms with Crippen LogP contribution in [0.1, 0.15) is 60.5 Å². The summed E-state index contributed by atoms with van der Waals surface area (Å²) in [6, 6.07) is 16.5. The summed E-state index contributed by atoms with van der Waals surface area (Å²) in [5.41, 5.74) is 4.30. The number of aliphatic hydroxyl groups excluding tert-OH is 1. The molecule has 0 bridgehead atoms. The van der Waals surface area contributed by atoms with Crippen LogP contribution in [-0.4, -0.2) is 28.5 Å². The van der Waals surface area contributed by atoms with Crippen LogP contribution < -0.4 is 9.64 Å². The number of Topliss-reactive ketones (excluding diaryl/α,β-unsaturated/α-hetero) is 1. The second-order valence-corrected chi connectivity index (χ2v) is 9.39. The second kappa shape index (κ2) is 9.90. The maximum absolute atomic E-state index is 13.5.